The molecular formula is C24H43F5O2. The average molecular weight is 459 g/mol. The van der Waals surface area contributed by atoms with Crippen LogP contribution >= 0.6 is 0 Å². The number of ether oxygens (including phenoxy) is 1. The molecule has 0 saturated heterocycles. The quantitative estimate of drug-likeness (QED) is 0.0973. The Labute approximate surface area is 185 Å². The summed E-state index contributed by atoms with van der Waals surface area (Å²) in [4.78, 5) is 10.8. The normalized spacial score (nSPS) is 12.3. The number of carbonyl (C=O) groups is 1. The second kappa shape index (κ2) is 18.7. The van der Waals surface area contributed by atoms with E-state index in [9.17, 15) is 26.7 Å². The summed E-state index contributed by atoms with van der Waals surface area (Å²) >= 11 is 0. The Morgan fingerprint density at radius 2 is 0.839 bits per heavy atom. The Morgan fingerprint density at radius 1 is 0.548 bits per heavy atom. The Kier molecular flexibility index (Phi) is 18.1. The first-order valence-electron chi connectivity index (χ1n) is 12.3. The van der Waals surface area contributed by atoms with Gasteiger partial charge in [-0.2, -0.15) is 22.0 Å². The molecule has 2 nitrogen and oxygen atoms in total. The van der Waals surface area contributed by atoms with Crippen molar-refractivity contribution < 1.29 is 31.5 Å². The molecule has 186 valence electrons. The van der Waals surface area contributed by atoms with Gasteiger partial charge in [0.15, 0.2) is 0 Å². The number of alkyl halides is 5. The minimum absolute atomic E-state index is 0.304. The molecular weight excluding hydrogens is 415 g/mol. The molecule has 0 heterocycles. The predicted octanol–water partition coefficient (Wildman–Crippen LogP) is 9.16. The number of hydrogen-bond acceptors (Lipinski definition) is 2. The van der Waals surface area contributed by atoms with Gasteiger partial charge < -0.3 is 4.74 Å². The van der Waals surface area contributed by atoms with Crippen LogP contribution in [0.4, 0.5) is 22.0 Å². The van der Waals surface area contributed by atoms with E-state index in [1.165, 1.54) is 89.9 Å². The van der Waals surface area contributed by atoms with E-state index in [0.717, 1.165) is 19.3 Å². The highest BCUT2D eigenvalue weighted by atomic mass is 19.4. The van der Waals surface area contributed by atoms with Crippen molar-refractivity contribution in [3.05, 3.63) is 0 Å². The molecule has 0 rings (SSSR count). The molecule has 0 fully saturated rings. The average Bonchev–Trinajstić information content (AvgIpc) is 2.71. The van der Waals surface area contributed by atoms with Crippen LogP contribution in [0.3, 0.4) is 0 Å². The van der Waals surface area contributed by atoms with E-state index >= 15 is 0 Å². The highest BCUT2D eigenvalue weighted by molar-refractivity contribution is 5.78. The fraction of sp³-hybridized carbons (Fsp3) is 0.958. The molecule has 0 aliphatic heterocycles. The van der Waals surface area contributed by atoms with Crippen LogP contribution in [0.2, 0.25) is 0 Å². The lowest BCUT2D eigenvalue weighted by Gasteiger charge is -2.17. The summed E-state index contributed by atoms with van der Waals surface area (Å²) in [5.41, 5.74) is 0. The van der Waals surface area contributed by atoms with Crippen molar-refractivity contribution in [3.63, 3.8) is 0 Å². The van der Waals surface area contributed by atoms with Crippen molar-refractivity contribution in [3.8, 4) is 0 Å². The standard InChI is InChI=1S/C24H43F5O2/c1-2-3-4-5-6-7-8-9-10-11-12-13-14-15-16-17-18-19-20-21-31-22(30)23(25,26)24(27,28)29/h2-21H2,1H3. The van der Waals surface area contributed by atoms with Crippen molar-refractivity contribution in [2.24, 2.45) is 0 Å². The van der Waals surface area contributed by atoms with Gasteiger partial charge in [0.25, 0.3) is 0 Å². The molecule has 0 aromatic heterocycles. The van der Waals surface area contributed by atoms with E-state index < -0.39 is 24.7 Å². The smallest absolute Gasteiger partial charge is 0.461 e. The SMILES string of the molecule is CCCCCCCCCCCCCCCCCCCCCOC(=O)C(F)(F)C(F)(F)F. The van der Waals surface area contributed by atoms with Crippen molar-refractivity contribution in [2.75, 3.05) is 6.61 Å². The molecule has 0 aromatic rings. The summed E-state index contributed by atoms with van der Waals surface area (Å²) < 4.78 is 65.4. The lowest BCUT2D eigenvalue weighted by atomic mass is 10.0. The van der Waals surface area contributed by atoms with Gasteiger partial charge >= 0.3 is 18.1 Å². The van der Waals surface area contributed by atoms with Gasteiger partial charge in [-0.05, 0) is 6.42 Å². The second-order valence-electron chi connectivity index (χ2n) is 8.57. The largest absolute Gasteiger partial charge is 0.465 e. The summed E-state index contributed by atoms with van der Waals surface area (Å²) in [7, 11) is 0. The van der Waals surface area contributed by atoms with Crippen molar-refractivity contribution in [2.45, 2.75) is 141 Å². The van der Waals surface area contributed by atoms with Gasteiger partial charge in [0.1, 0.15) is 0 Å². The number of unbranched alkanes of at least 4 members (excludes halogenated alkanes) is 18. The maximum Gasteiger partial charge on any atom is 0.465 e. The molecule has 0 aliphatic rings. The molecule has 7 heteroatoms. The van der Waals surface area contributed by atoms with E-state index in [-0.39, 0.29) is 0 Å². The van der Waals surface area contributed by atoms with Gasteiger partial charge in [-0.15, -0.1) is 0 Å². The summed E-state index contributed by atoms with van der Waals surface area (Å²) in [6, 6.07) is 0. The van der Waals surface area contributed by atoms with Crippen LogP contribution in [-0.2, 0) is 9.53 Å². The second-order valence-corrected chi connectivity index (χ2v) is 8.57. The lowest BCUT2D eigenvalue weighted by molar-refractivity contribution is -0.280. The Bertz CT molecular complexity index is 425. The van der Waals surface area contributed by atoms with E-state index in [1.807, 2.05) is 0 Å². The van der Waals surface area contributed by atoms with Gasteiger partial charge in [0, 0.05) is 0 Å². The van der Waals surface area contributed by atoms with Gasteiger partial charge in [-0.1, -0.05) is 122 Å². The molecule has 0 amide bonds. The maximum absolute atomic E-state index is 12.7. The van der Waals surface area contributed by atoms with Crippen LogP contribution in [0.25, 0.3) is 0 Å². The number of rotatable bonds is 21. The molecule has 0 saturated carbocycles. The molecule has 0 bridgehead atoms. The fourth-order valence-corrected chi connectivity index (χ4v) is 3.55. The fourth-order valence-electron chi connectivity index (χ4n) is 3.55. The maximum atomic E-state index is 12.7. The lowest BCUT2D eigenvalue weighted by Crippen LogP contribution is -2.45. The minimum Gasteiger partial charge on any atom is -0.461 e. The minimum atomic E-state index is -5.91. The van der Waals surface area contributed by atoms with Crippen LogP contribution in [0, 0.1) is 0 Å². The van der Waals surface area contributed by atoms with Crippen molar-refractivity contribution >= 4 is 5.97 Å². The molecule has 0 N–H and O–H groups in total. The van der Waals surface area contributed by atoms with Crippen LogP contribution in [0.15, 0.2) is 0 Å². The summed E-state index contributed by atoms with van der Waals surface area (Å²) in [6.45, 7) is 1.85. The molecule has 0 aliphatic carbocycles. The summed E-state index contributed by atoms with van der Waals surface area (Å²) in [5, 5.41) is 0. The summed E-state index contributed by atoms with van der Waals surface area (Å²) in [6.07, 6.45) is 16.6. The third-order valence-corrected chi connectivity index (χ3v) is 5.59. The Morgan fingerprint density at radius 3 is 1.13 bits per heavy atom. The number of hydrogen-bond donors (Lipinski definition) is 0. The van der Waals surface area contributed by atoms with Crippen LogP contribution in [-0.4, -0.2) is 24.7 Å². The van der Waals surface area contributed by atoms with E-state index in [2.05, 4.69) is 11.7 Å². The van der Waals surface area contributed by atoms with Crippen LogP contribution in [0.1, 0.15) is 129 Å². The molecule has 0 unspecified atom stereocenters. The molecule has 0 spiro atoms. The molecule has 0 radical (unpaired) electrons. The third kappa shape index (κ3) is 16.4. The Balaban J connectivity index is 3.28. The molecule has 0 atom stereocenters. The van der Waals surface area contributed by atoms with Crippen molar-refractivity contribution in [1.29, 1.82) is 0 Å². The number of esters is 1. The summed E-state index contributed by atoms with van der Waals surface area (Å²) in [5.74, 6) is -7.94. The highest BCUT2D eigenvalue weighted by Gasteiger charge is 2.64. The van der Waals surface area contributed by atoms with Gasteiger partial charge in [0.2, 0.25) is 0 Å². The van der Waals surface area contributed by atoms with Crippen molar-refractivity contribution in [1.82, 2.24) is 0 Å². The van der Waals surface area contributed by atoms with E-state index in [1.54, 1.807) is 0 Å². The number of halogens is 5. The molecule has 0 aromatic carbocycles. The first-order chi connectivity index (χ1) is 14.7. The zero-order valence-corrected chi connectivity index (χ0v) is 19.3. The Hall–Kier alpha value is -0.880. The zero-order chi connectivity index (χ0) is 23.4. The van der Waals surface area contributed by atoms with Gasteiger partial charge in [-0.3, -0.25) is 0 Å². The third-order valence-electron chi connectivity index (χ3n) is 5.59. The predicted molar refractivity (Wildman–Crippen MR) is 115 cm³/mol. The van der Waals surface area contributed by atoms with Crippen LogP contribution < -0.4 is 0 Å². The van der Waals surface area contributed by atoms with Crippen LogP contribution in [0.5, 0.6) is 0 Å². The monoisotopic (exact) mass is 458 g/mol. The first kappa shape index (κ1) is 30.1. The first-order valence-corrected chi connectivity index (χ1v) is 12.3. The zero-order valence-electron chi connectivity index (χ0n) is 19.3. The topological polar surface area (TPSA) is 26.3 Å². The highest BCUT2D eigenvalue weighted by Crippen LogP contribution is 2.36. The number of carbonyl (C=O) groups excluding carboxylic acids is 1. The molecule has 31 heavy (non-hydrogen) atoms. The van der Waals surface area contributed by atoms with Gasteiger partial charge in [0.05, 0.1) is 6.61 Å². The van der Waals surface area contributed by atoms with Gasteiger partial charge in [-0.25, -0.2) is 4.79 Å². The van der Waals surface area contributed by atoms with E-state index in [0.29, 0.717) is 12.8 Å². The van der Waals surface area contributed by atoms with E-state index in [4.69, 9.17) is 0 Å².